The summed E-state index contributed by atoms with van der Waals surface area (Å²) in [6.07, 6.45) is 2.00. The summed E-state index contributed by atoms with van der Waals surface area (Å²) in [6.45, 7) is 0.0914. The van der Waals surface area contributed by atoms with Gasteiger partial charge in [-0.15, -0.1) is 11.3 Å². The minimum absolute atomic E-state index is 0.0914. The largest absolute Gasteiger partial charge is 0.395 e. The second kappa shape index (κ2) is 7.14. The van der Waals surface area contributed by atoms with Crippen molar-refractivity contribution in [1.29, 1.82) is 0 Å². The Labute approximate surface area is 118 Å². The van der Waals surface area contributed by atoms with Gasteiger partial charge in [-0.25, -0.2) is 4.98 Å². The third kappa shape index (κ3) is 4.56. The van der Waals surface area contributed by atoms with E-state index in [1.165, 1.54) is 28.9 Å². The number of thioether (sulfide) groups is 1. The predicted molar refractivity (Wildman–Crippen MR) is 77.3 cm³/mol. The number of hydrogen-bond donors (Lipinski definition) is 2. The number of aromatic nitrogens is 2. The summed E-state index contributed by atoms with van der Waals surface area (Å²) in [5.41, 5.74) is -0.140. The summed E-state index contributed by atoms with van der Waals surface area (Å²) in [5, 5.41) is 9.26. The van der Waals surface area contributed by atoms with Crippen LogP contribution in [0.1, 0.15) is 16.2 Å². The molecule has 0 spiro atoms. The number of aliphatic hydroxyl groups excluding tert-OH is 1. The maximum Gasteiger partial charge on any atom is 0.251 e. The highest BCUT2D eigenvalue weighted by Gasteiger charge is 2.01. The number of rotatable bonds is 4. The number of aliphatic hydroxyl groups is 1. The van der Waals surface area contributed by atoms with E-state index >= 15 is 0 Å². The normalized spacial score (nSPS) is 9.95. The van der Waals surface area contributed by atoms with E-state index in [4.69, 9.17) is 5.11 Å². The van der Waals surface area contributed by atoms with E-state index in [0.29, 0.717) is 11.6 Å². The molecule has 2 aromatic rings. The zero-order valence-corrected chi connectivity index (χ0v) is 11.7. The molecule has 0 amide bonds. The van der Waals surface area contributed by atoms with Crippen molar-refractivity contribution in [3.05, 3.63) is 44.5 Å². The van der Waals surface area contributed by atoms with E-state index in [1.54, 1.807) is 11.3 Å². The van der Waals surface area contributed by atoms with Crippen LogP contribution in [0.2, 0.25) is 0 Å². The van der Waals surface area contributed by atoms with Gasteiger partial charge >= 0.3 is 0 Å². The number of nitrogens with one attached hydrogen (secondary N) is 1. The van der Waals surface area contributed by atoms with Gasteiger partial charge in [0.25, 0.3) is 5.56 Å². The van der Waals surface area contributed by atoms with E-state index in [0.717, 1.165) is 10.6 Å². The average Bonchev–Trinajstić information content (AvgIpc) is 2.85. The first kappa shape index (κ1) is 13.9. The highest BCUT2D eigenvalue weighted by atomic mass is 32.2. The Balaban J connectivity index is 1.94. The van der Waals surface area contributed by atoms with Gasteiger partial charge < -0.3 is 10.1 Å². The van der Waals surface area contributed by atoms with E-state index in [2.05, 4.69) is 21.8 Å². The zero-order valence-electron chi connectivity index (χ0n) is 10.0. The molecule has 0 saturated heterocycles. The molecule has 0 radical (unpaired) electrons. The molecule has 0 aromatic carbocycles. The van der Waals surface area contributed by atoms with Crippen LogP contribution in [0.5, 0.6) is 0 Å². The summed E-state index contributed by atoms with van der Waals surface area (Å²) >= 11 is 3.10. The minimum atomic E-state index is -0.140. The van der Waals surface area contributed by atoms with E-state index in [-0.39, 0.29) is 12.2 Å². The molecule has 98 valence electrons. The van der Waals surface area contributed by atoms with Crippen LogP contribution >= 0.6 is 23.1 Å². The summed E-state index contributed by atoms with van der Waals surface area (Å²) in [6, 6.07) is 5.37. The van der Waals surface area contributed by atoms with Crippen LogP contribution in [-0.2, 0) is 5.75 Å². The first-order chi connectivity index (χ1) is 9.28. The minimum Gasteiger partial charge on any atom is -0.395 e. The third-order valence-electron chi connectivity index (χ3n) is 2.11. The highest BCUT2D eigenvalue weighted by molar-refractivity contribution is 7.98. The van der Waals surface area contributed by atoms with Crippen LogP contribution in [-0.4, -0.2) is 21.7 Å². The zero-order chi connectivity index (χ0) is 13.5. The topological polar surface area (TPSA) is 66.0 Å². The van der Waals surface area contributed by atoms with Crippen molar-refractivity contribution in [1.82, 2.24) is 9.97 Å². The van der Waals surface area contributed by atoms with Crippen molar-refractivity contribution in [3.8, 4) is 11.8 Å². The molecular formula is C13H12N2O2S2. The SMILES string of the molecule is O=c1ccnc(SCc2ccc(C#CCCO)s2)[nH]1. The number of hydrogen-bond acceptors (Lipinski definition) is 5. The quantitative estimate of drug-likeness (QED) is 0.513. The molecule has 2 aromatic heterocycles. The molecule has 0 unspecified atom stereocenters. The molecule has 2 N–H and O–H groups in total. The number of aromatic amines is 1. The molecule has 0 bridgehead atoms. The lowest BCUT2D eigenvalue weighted by molar-refractivity contribution is 0.305. The lowest BCUT2D eigenvalue weighted by atomic mass is 10.4. The second-order valence-electron chi connectivity index (χ2n) is 3.57. The van der Waals surface area contributed by atoms with Crippen LogP contribution in [0.25, 0.3) is 0 Å². The fraction of sp³-hybridized carbons (Fsp3) is 0.231. The number of thiophene rings is 1. The number of H-pyrrole nitrogens is 1. The van der Waals surface area contributed by atoms with Gasteiger partial charge in [0.1, 0.15) is 0 Å². The number of nitrogens with zero attached hydrogens (tertiary/aromatic N) is 1. The van der Waals surface area contributed by atoms with Crippen molar-refractivity contribution in [2.75, 3.05) is 6.61 Å². The highest BCUT2D eigenvalue weighted by Crippen LogP contribution is 2.23. The molecule has 6 heteroatoms. The first-order valence-corrected chi connectivity index (χ1v) is 7.45. The van der Waals surface area contributed by atoms with Crippen molar-refractivity contribution in [2.45, 2.75) is 17.3 Å². The van der Waals surface area contributed by atoms with Crippen LogP contribution in [0.4, 0.5) is 0 Å². The van der Waals surface area contributed by atoms with Crippen LogP contribution < -0.4 is 5.56 Å². The molecule has 4 nitrogen and oxygen atoms in total. The van der Waals surface area contributed by atoms with Gasteiger partial charge in [0.05, 0.1) is 11.5 Å². The van der Waals surface area contributed by atoms with Crippen LogP contribution in [0.3, 0.4) is 0 Å². The fourth-order valence-electron chi connectivity index (χ4n) is 1.29. The maximum absolute atomic E-state index is 11.1. The fourth-order valence-corrected chi connectivity index (χ4v) is 3.07. The van der Waals surface area contributed by atoms with Gasteiger partial charge in [0.15, 0.2) is 5.16 Å². The van der Waals surface area contributed by atoms with Crippen molar-refractivity contribution < 1.29 is 5.11 Å². The molecular weight excluding hydrogens is 280 g/mol. The van der Waals surface area contributed by atoms with E-state index in [9.17, 15) is 4.79 Å². The summed E-state index contributed by atoms with van der Waals surface area (Å²) in [5.74, 6) is 6.64. The molecule has 19 heavy (non-hydrogen) atoms. The van der Waals surface area contributed by atoms with Gasteiger partial charge in [-0.05, 0) is 12.1 Å². The van der Waals surface area contributed by atoms with Gasteiger partial charge in [-0.1, -0.05) is 23.6 Å². The Morgan fingerprint density at radius 2 is 2.32 bits per heavy atom. The van der Waals surface area contributed by atoms with Crippen LogP contribution in [0.15, 0.2) is 34.3 Å². The smallest absolute Gasteiger partial charge is 0.251 e. The molecule has 2 heterocycles. The monoisotopic (exact) mass is 292 g/mol. The average molecular weight is 292 g/mol. The van der Waals surface area contributed by atoms with Crippen molar-refractivity contribution in [2.24, 2.45) is 0 Å². The van der Waals surface area contributed by atoms with Crippen molar-refractivity contribution in [3.63, 3.8) is 0 Å². The third-order valence-corrected chi connectivity index (χ3v) is 4.23. The van der Waals surface area contributed by atoms with E-state index in [1.807, 2.05) is 12.1 Å². The molecule has 0 fully saturated rings. The molecule has 2 rings (SSSR count). The Hall–Kier alpha value is -1.55. The van der Waals surface area contributed by atoms with E-state index < -0.39 is 0 Å². The van der Waals surface area contributed by atoms with Crippen molar-refractivity contribution >= 4 is 23.1 Å². The lowest BCUT2D eigenvalue weighted by Crippen LogP contribution is -2.05. The summed E-state index contributed by atoms with van der Waals surface area (Å²) < 4.78 is 0. The van der Waals surface area contributed by atoms with Gasteiger partial charge in [-0.3, -0.25) is 4.79 Å². The van der Waals surface area contributed by atoms with Gasteiger partial charge in [0, 0.05) is 29.3 Å². The Kier molecular flexibility index (Phi) is 5.21. The summed E-state index contributed by atoms with van der Waals surface area (Å²) in [4.78, 5) is 20.0. The Morgan fingerprint density at radius 1 is 1.42 bits per heavy atom. The van der Waals surface area contributed by atoms with Crippen LogP contribution in [0, 0.1) is 11.8 Å². The lowest BCUT2D eigenvalue weighted by Gasteiger charge is -1.96. The maximum atomic E-state index is 11.1. The predicted octanol–water partition coefficient (Wildman–Crippen LogP) is 1.86. The Morgan fingerprint density at radius 3 is 3.11 bits per heavy atom. The first-order valence-electron chi connectivity index (χ1n) is 5.64. The molecule has 0 aliphatic rings. The summed E-state index contributed by atoms with van der Waals surface area (Å²) in [7, 11) is 0. The van der Waals surface area contributed by atoms with Gasteiger partial charge in [0.2, 0.25) is 0 Å². The van der Waals surface area contributed by atoms with Gasteiger partial charge in [-0.2, -0.15) is 0 Å². The molecule has 0 aliphatic heterocycles. The Bertz CT molecular complexity index is 652. The molecule has 0 atom stereocenters. The standard InChI is InChI=1S/C13H12N2O2S2/c16-8-2-1-3-10-4-5-11(19-10)9-18-13-14-7-6-12(17)15-13/h4-7,16H,2,8-9H2,(H,14,15,17). The second-order valence-corrected chi connectivity index (χ2v) is 5.70. The molecule has 0 saturated carbocycles. The molecule has 0 aliphatic carbocycles.